The summed E-state index contributed by atoms with van der Waals surface area (Å²) in [6.45, 7) is 0. The van der Waals surface area contributed by atoms with Gasteiger partial charge in [-0.25, -0.2) is 0 Å². The molecule has 0 saturated carbocycles. The van der Waals surface area contributed by atoms with Gasteiger partial charge in [0.15, 0.2) is 0 Å². The van der Waals surface area contributed by atoms with Crippen LogP contribution < -0.4 is 0 Å². The second-order valence-electron chi connectivity index (χ2n) is 0.894. The zero-order valence-corrected chi connectivity index (χ0v) is 6.54. The average molecular weight is 223 g/mol. The fourth-order valence-electron chi connectivity index (χ4n) is 0. The second kappa shape index (κ2) is 2.09. The summed E-state index contributed by atoms with van der Waals surface area (Å²) < 4.78 is 2.14. The first kappa shape index (κ1) is 4.83. The molecule has 0 heterocycles. The minimum atomic E-state index is 1.18. The van der Waals surface area contributed by atoms with Gasteiger partial charge in [-0.05, 0) is 0 Å². The van der Waals surface area contributed by atoms with Crippen molar-refractivity contribution in [1.29, 1.82) is 0 Å². The van der Waals surface area contributed by atoms with Crippen molar-refractivity contribution in [2.45, 2.75) is 0 Å². The SMILES string of the molecule is C[N](C)[Hf]. The molecule has 0 aliphatic rings. The minimum absolute atomic E-state index is 1.18. The Morgan fingerprint density at radius 2 is 1.50 bits per heavy atom. The van der Waals surface area contributed by atoms with E-state index in [0.29, 0.717) is 0 Å². The Bertz CT molecular complexity index is 10.8. The summed E-state index contributed by atoms with van der Waals surface area (Å²) in [4.78, 5) is 0. The van der Waals surface area contributed by atoms with Crippen LogP contribution in [0.25, 0.3) is 0 Å². The standard InChI is InChI=1S/C2H6N.Hf/c1-3-2;/h1-2H3;/q-1;+1. The molecule has 0 radical (unpaired) electrons. The van der Waals surface area contributed by atoms with E-state index in [9.17, 15) is 0 Å². The fourth-order valence-corrected chi connectivity index (χ4v) is 0. The summed E-state index contributed by atoms with van der Waals surface area (Å²) in [6.07, 6.45) is 0. The third-order valence-corrected chi connectivity index (χ3v) is 0. The van der Waals surface area contributed by atoms with Crippen molar-refractivity contribution in [1.82, 2.24) is 2.89 Å². The Hall–Kier alpha value is 0.830. The normalized spacial score (nSPS) is 8.50. The third kappa shape index (κ3) is 13.8. The number of hydrogen-bond donors (Lipinski definition) is 0. The molecule has 0 rings (SSSR count). The van der Waals surface area contributed by atoms with Crippen LogP contribution in [-0.2, 0) is 24.7 Å². The van der Waals surface area contributed by atoms with Crippen LogP contribution in [0.3, 0.4) is 0 Å². The molecule has 0 aromatic heterocycles. The second-order valence-corrected chi connectivity index (χ2v) is 4.11. The molecule has 0 spiro atoms. The molecule has 0 N–H and O–H groups in total. The van der Waals surface area contributed by atoms with Gasteiger partial charge in [-0.3, -0.25) is 0 Å². The summed E-state index contributed by atoms with van der Waals surface area (Å²) in [5, 5.41) is 0. The van der Waals surface area contributed by atoms with Gasteiger partial charge < -0.3 is 0 Å². The molecule has 4 heavy (non-hydrogen) atoms. The summed E-state index contributed by atoms with van der Waals surface area (Å²) in [5.74, 6) is 0. The van der Waals surface area contributed by atoms with Crippen molar-refractivity contribution in [2.75, 3.05) is 14.1 Å². The number of rotatable bonds is 0. The Morgan fingerprint density at radius 1 is 1.50 bits per heavy atom. The Labute approximate surface area is 42.0 Å². The molecule has 0 unspecified atom stereocenters. The van der Waals surface area contributed by atoms with Crippen molar-refractivity contribution >= 4 is 0 Å². The molecule has 0 aromatic carbocycles. The molecule has 0 aliphatic heterocycles. The van der Waals surface area contributed by atoms with Gasteiger partial charge in [-0.15, -0.1) is 0 Å². The monoisotopic (exact) mass is 224 g/mol. The van der Waals surface area contributed by atoms with Crippen molar-refractivity contribution in [3.63, 3.8) is 0 Å². The molecule has 0 fully saturated rings. The van der Waals surface area contributed by atoms with E-state index in [0.717, 1.165) is 0 Å². The molecular formula is C2H6HfN. The van der Waals surface area contributed by atoms with E-state index in [4.69, 9.17) is 0 Å². The van der Waals surface area contributed by atoms with Crippen LogP contribution in [0.1, 0.15) is 0 Å². The topological polar surface area (TPSA) is 3.24 Å². The summed E-state index contributed by atoms with van der Waals surface area (Å²) in [6, 6.07) is 0. The predicted octanol–water partition coefficient (Wildman–Crippen LogP) is 0.00980. The van der Waals surface area contributed by atoms with Gasteiger partial charge >= 0.3 is 41.6 Å². The first-order chi connectivity index (χ1) is 1.73. The molecule has 0 bridgehead atoms. The van der Waals surface area contributed by atoms with Crippen LogP contribution in [-0.4, -0.2) is 17.0 Å². The van der Waals surface area contributed by atoms with Gasteiger partial charge in [0.2, 0.25) is 0 Å². The Kier molecular flexibility index (Phi) is 2.53. The van der Waals surface area contributed by atoms with Gasteiger partial charge in [0.25, 0.3) is 0 Å². The summed E-state index contributed by atoms with van der Waals surface area (Å²) >= 11 is 1.18. The first-order valence-corrected chi connectivity index (χ1v) is 2.72. The van der Waals surface area contributed by atoms with Crippen LogP contribution in [0.4, 0.5) is 0 Å². The first-order valence-electron chi connectivity index (χ1n) is 1.12. The molecule has 0 aliphatic carbocycles. The van der Waals surface area contributed by atoms with Crippen LogP contribution >= 0.6 is 0 Å². The Morgan fingerprint density at radius 3 is 1.50 bits per heavy atom. The van der Waals surface area contributed by atoms with Crippen LogP contribution in [0.2, 0.25) is 0 Å². The van der Waals surface area contributed by atoms with E-state index in [1.165, 1.54) is 24.7 Å². The van der Waals surface area contributed by atoms with Crippen molar-refractivity contribution in [2.24, 2.45) is 0 Å². The third-order valence-electron chi connectivity index (χ3n) is 0. The van der Waals surface area contributed by atoms with Crippen LogP contribution in [0, 0.1) is 0 Å². The fraction of sp³-hybridized carbons (Fsp3) is 1.00. The van der Waals surface area contributed by atoms with Gasteiger partial charge in [-0.1, -0.05) is 0 Å². The maximum absolute atomic E-state index is 2.14. The Balaban J connectivity index is 2.32. The van der Waals surface area contributed by atoms with E-state index in [2.05, 4.69) is 17.0 Å². The van der Waals surface area contributed by atoms with E-state index >= 15 is 0 Å². The van der Waals surface area contributed by atoms with Crippen molar-refractivity contribution in [3.05, 3.63) is 0 Å². The molecule has 0 aromatic rings. The summed E-state index contributed by atoms with van der Waals surface area (Å²) in [5.41, 5.74) is 0. The van der Waals surface area contributed by atoms with E-state index in [1.54, 1.807) is 0 Å². The van der Waals surface area contributed by atoms with Crippen molar-refractivity contribution in [3.8, 4) is 0 Å². The molecule has 2 heteroatoms. The van der Waals surface area contributed by atoms with Gasteiger partial charge in [0.05, 0.1) is 0 Å². The molecule has 0 saturated heterocycles. The molecule has 1 nitrogen and oxygen atoms in total. The van der Waals surface area contributed by atoms with Crippen LogP contribution in [0.15, 0.2) is 0 Å². The molecular weight excluding hydrogens is 217 g/mol. The number of nitrogens with zero attached hydrogens (tertiary/aromatic N) is 1. The maximum atomic E-state index is 2.14. The van der Waals surface area contributed by atoms with E-state index in [-0.39, 0.29) is 0 Å². The quantitative estimate of drug-likeness (QED) is 0.522. The van der Waals surface area contributed by atoms with Gasteiger partial charge in [-0.2, -0.15) is 0 Å². The van der Waals surface area contributed by atoms with E-state index in [1.807, 2.05) is 0 Å². The van der Waals surface area contributed by atoms with Gasteiger partial charge in [0.1, 0.15) is 0 Å². The summed E-state index contributed by atoms with van der Waals surface area (Å²) in [7, 11) is 4.12. The number of hydrogen-bond acceptors (Lipinski definition) is 1. The van der Waals surface area contributed by atoms with Crippen molar-refractivity contribution < 1.29 is 24.7 Å². The van der Waals surface area contributed by atoms with Gasteiger partial charge in [0, 0.05) is 0 Å². The molecule has 23 valence electrons. The zero-order valence-electron chi connectivity index (χ0n) is 2.95. The molecule has 0 amide bonds. The molecule has 0 atom stereocenters. The average Bonchev–Trinajstić information content (AvgIpc) is 0.811. The van der Waals surface area contributed by atoms with Crippen LogP contribution in [0.5, 0.6) is 0 Å². The predicted molar refractivity (Wildman–Crippen MR) is 13.7 cm³/mol. The zero-order chi connectivity index (χ0) is 3.58. The van der Waals surface area contributed by atoms with E-state index < -0.39 is 0 Å².